The second-order valence-corrected chi connectivity index (χ2v) is 5.26. The van der Waals surface area contributed by atoms with Gasteiger partial charge in [0.05, 0.1) is 11.4 Å². The molecule has 0 saturated carbocycles. The van der Waals surface area contributed by atoms with E-state index in [4.69, 9.17) is 4.42 Å². The lowest BCUT2D eigenvalue weighted by atomic mass is 10.1. The Labute approximate surface area is 125 Å². The molecule has 21 heavy (non-hydrogen) atoms. The van der Waals surface area contributed by atoms with Gasteiger partial charge in [0.25, 0.3) is 0 Å². The molecule has 0 amide bonds. The van der Waals surface area contributed by atoms with E-state index < -0.39 is 5.76 Å². The maximum absolute atomic E-state index is 13.9. The molecule has 1 heterocycles. The molecule has 3 rings (SSSR count). The number of halogens is 1. The van der Waals surface area contributed by atoms with Crippen LogP contribution >= 0.6 is 11.8 Å². The molecule has 106 valence electrons. The van der Waals surface area contributed by atoms with Gasteiger partial charge in [-0.05, 0) is 30.5 Å². The fourth-order valence-corrected chi connectivity index (χ4v) is 2.61. The van der Waals surface area contributed by atoms with Crippen molar-refractivity contribution in [1.82, 2.24) is 4.57 Å². The highest BCUT2D eigenvalue weighted by molar-refractivity contribution is 7.98. The molecule has 1 aromatic heterocycles. The van der Waals surface area contributed by atoms with Gasteiger partial charge in [0.1, 0.15) is 12.1 Å². The van der Waals surface area contributed by atoms with Crippen LogP contribution in [-0.2, 0) is 0 Å². The number of hydrogen-bond acceptors (Lipinski definition) is 3. The summed E-state index contributed by atoms with van der Waals surface area (Å²) in [7, 11) is 0. The number of thioether (sulfide) groups is 1. The molecule has 0 N–H and O–H groups in total. The molecule has 0 fully saturated rings. The zero-order valence-electron chi connectivity index (χ0n) is 11.2. The van der Waals surface area contributed by atoms with Gasteiger partial charge < -0.3 is 4.42 Å². The Morgan fingerprint density at radius 1 is 1.14 bits per heavy atom. The summed E-state index contributed by atoms with van der Waals surface area (Å²) >= 11 is 1.34. The summed E-state index contributed by atoms with van der Waals surface area (Å²) in [5.41, 5.74) is 1.80. The summed E-state index contributed by atoms with van der Waals surface area (Å²) in [6.45, 7) is 0. The first-order chi connectivity index (χ1) is 10.2. The first kappa shape index (κ1) is 13.7. The van der Waals surface area contributed by atoms with Gasteiger partial charge in [-0.1, -0.05) is 24.3 Å². The molecule has 0 spiro atoms. The zero-order valence-corrected chi connectivity index (χ0v) is 12.1. The summed E-state index contributed by atoms with van der Waals surface area (Å²) in [6.07, 6.45) is 3.17. The Hall–Kier alpha value is -2.27. The Kier molecular flexibility index (Phi) is 3.66. The van der Waals surface area contributed by atoms with Crippen LogP contribution in [0.3, 0.4) is 0 Å². The average Bonchev–Trinajstić information content (AvgIpc) is 2.90. The van der Waals surface area contributed by atoms with Gasteiger partial charge in [0, 0.05) is 10.5 Å². The number of oxazole rings is 1. The number of benzene rings is 2. The van der Waals surface area contributed by atoms with Crippen LogP contribution in [0.4, 0.5) is 4.39 Å². The molecule has 0 aliphatic heterocycles. The molecule has 0 aliphatic carbocycles. The molecule has 3 nitrogen and oxygen atoms in total. The first-order valence-corrected chi connectivity index (χ1v) is 7.53. The van der Waals surface area contributed by atoms with E-state index in [0.717, 1.165) is 0 Å². The first-order valence-electron chi connectivity index (χ1n) is 6.30. The molecule has 5 heteroatoms. The number of rotatable bonds is 3. The van der Waals surface area contributed by atoms with Crippen molar-refractivity contribution in [2.24, 2.45) is 0 Å². The molecule has 0 atom stereocenters. The summed E-state index contributed by atoms with van der Waals surface area (Å²) in [6, 6.07) is 14.0. The number of hydrogen-bond donors (Lipinski definition) is 0. The lowest BCUT2D eigenvalue weighted by Crippen LogP contribution is -2.13. The van der Waals surface area contributed by atoms with Crippen LogP contribution in [0, 0.1) is 5.82 Å². The molecule has 0 radical (unpaired) electrons. The highest BCUT2D eigenvalue weighted by atomic mass is 32.2. The van der Waals surface area contributed by atoms with E-state index in [0.29, 0.717) is 21.8 Å². The zero-order chi connectivity index (χ0) is 14.8. The number of aromatic nitrogens is 1. The summed E-state index contributed by atoms with van der Waals surface area (Å²) in [4.78, 5) is 12.5. The van der Waals surface area contributed by atoms with Crippen molar-refractivity contribution in [3.05, 3.63) is 71.2 Å². The summed E-state index contributed by atoms with van der Waals surface area (Å²) in [5, 5.41) is 0. The Bertz CT molecular complexity index is 824. The minimum Gasteiger partial charge on any atom is -0.415 e. The lowest BCUT2D eigenvalue weighted by molar-refractivity contribution is 0.504. The Morgan fingerprint density at radius 2 is 1.90 bits per heavy atom. The highest BCUT2D eigenvalue weighted by Crippen LogP contribution is 2.27. The predicted molar refractivity (Wildman–Crippen MR) is 81.5 cm³/mol. The fourth-order valence-electron chi connectivity index (χ4n) is 2.15. The molecular formula is C16H12FNO2S. The fraction of sp³-hybridized carbons (Fsp3) is 0.0625. The van der Waals surface area contributed by atoms with Crippen LogP contribution in [0.15, 0.2) is 68.9 Å². The predicted octanol–water partition coefficient (Wildman–Crippen LogP) is 3.96. The molecular weight excluding hydrogens is 289 g/mol. The minimum atomic E-state index is -0.495. The smallest absolute Gasteiger partial charge is 0.415 e. The van der Waals surface area contributed by atoms with E-state index in [2.05, 4.69) is 0 Å². The van der Waals surface area contributed by atoms with Crippen molar-refractivity contribution in [2.75, 3.05) is 6.26 Å². The maximum Gasteiger partial charge on any atom is 0.424 e. The maximum atomic E-state index is 13.9. The van der Waals surface area contributed by atoms with Gasteiger partial charge in [-0.25, -0.2) is 13.8 Å². The SMILES string of the molecule is CSc1ccc(-c2coc(=O)n2-c2ccccc2)cc1F. The van der Waals surface area contributed by atoms with Crippen molar-refractivity contribution in [3.63, 3.8) is 0 Å². The van der Waals surface area contributed by atoms with Crippen molar-refractivity contribution >= 4 is 11.8 Å². The van der Waals surface area contributed by atoms with Crippen LogP contribution in [0.5, 0.6) is 0 Å². The number of nitrogens with zero attached hydrogens (tertiary/aromatic N) is 1. The molecule has 2 aromatic carbocycles. The van der Waals surface area contributed by atoms with Crippen molar-refractivity contribution in [3.8, 4) is 16.9 Å². The summed E-state index contributed by atoms with van der Waals surface area (Å²) in [5.74, 6) is -0.807. The van der Waals surface area contributed by atoms with Crippen molar-refractivity contribution in [1.29, 1.82) is 0 Å². The van der Waals surface area contributed by atoms with Crippen LogP contribution < -0.4 is 5.76 Å². The third-order valence-electron chi connectivity index (χ3n) is 3.16. The van der Waals surface area contributed by atoms with E-state index in [1.807, 2.05) is 24.5 Å². The third kappa shape index (κ3) is 2.52. The molecule has 3 aromatic rings. The van der Waals surface area contributed by atoms with Crippen LogP contribution in [-0.4, -0.2) is 10.8 Å². The summed E-state index contributed by atoms with van der Waals surface area (Å²) < 4.78 is 20.3. The van der Waals surface area contributed by atoms with E-state index in [1.165, 1.54) is 28.7 Å². The van der Waals surface area contributed by atoms with Gasteiger partial charge >= 0.3 is 5.76 Å². The van der Waals surface area contributed by atoms with E-state index in [9.17, 15) is 9.18 Å². The van der Waals surface area contributed by atoms with Crippen molar-refractivity contribution < 1.29 is 8.81 Å². The Morgan fingerprint density at radius 3 is 2.57 bits per heavy atom. The molecule has 0 saturated heterocycles. The van der Waals surface area contributed by atoms with Crippen LogP contribution in [0.25, 0.3) is 16.9 Å². The topological polar surface area (TPSA) is 35.1 Å². The van der Waals surface area contributed by atoms with E-state index in [1.54, 1.807) is 24.3 Å². The second kappa shape index (κ2) is 5.61. The van der Waals surface area contributed by atoms with Gasteiger partial charge in [0.15, 0.2) is 0 Å². The van der Waals surface area contributed by atoms with Crippen molar-refractivity contribution in [2.45, 2.75) is 4.90 Å². The van der Waals surface area contributed by atoms with Crippen LogP contribution in [0.2, 0.25) is 0 Å². The largest absolute Gasteiger partial charge is 0.424 e. The molecule has 0 unspecified atom stereocenters. The standard InChI is InChI=1S/C16H12FNO2S/c1-21-15-8-7-11(9-13(15)17)14-10-20-16(19)18(14)12-5-3-2-4-6-12/h2-10H,1H3. The van der Waals surface area contributed by atoms with Gasteiger partial charge in [-0.3, -0.25) is 0 Å². The monoisotopic (exact) mass is 301 g/mol. The Balaban J connectivity index is 2.17. The molecule has 0 aliphatic rings. The van der Waals surface area contributed by atoms with Gasteiger partial charge in [-0.15, -0.1) is 11.8 Å². The lowest BCUT2D eigenvalue weighted by Gasteiger charge is -2.07. The third-order valence-corrected chi connectivity index (χ3v) is 3.93. The molecule has 0 bridgehead atoms. The average molecular weight is 301 g/mol. The normalized spacial score (nSPS) is 10.8. The van der Waals surface area contributed by atoms with Gasteiger partial charge in [0.2, 0.25) is 0 Å². The highest BCUT2D eigenvalue weighted by Gasteiger charge is 2.13. The van der Waals surface area contributed by atoms with Crippen LogP contribution in [0.1, 0.15) is 0 Å². The number of para-hydroxylation sites is 1. The van der Waals surface area contributed by atoms with Gasteiger partial charge in [-0.2, -0.15) is 0 Å². The van der Waals surface area contributed by atoms with E-state index >= 15 is 0 Å². The van der Waals surface area contributed by atoms with E-state index in [-0.39, 0.29) is 5.82 Å². The minimum absolute atomic E-state index is 0.312. The quantitative estimate of drug-likeness (QED) is 0.687. The second-order valence-electron chi connectivity index (χ2n) is 4.41.